The molecule has 0 N–H and O–H groups in total. The van der Waals surface area contributed by atoms with Crippen LogP contribution in [0.1, 0.15) is 0 Å². The predicted octanol–water partition coefficient (Wildman–Crippen LogP) is 10.8. The summed E-state index contributed by atoms with van der Waals surface area (Å²) in [7, 11) is 0. The van der Waals surface area contributed by atoms with Crippen molar-refractivity contribution in [2.24, 2.45) is 0 Å². The largest absolute Gasteiger partial charge is 0.307 e. The molecule has 7 aromatic carbocycles. The summed E-state index contributed by atoms with van der Waals surface area (Å²) in [4.78, 5) is 0. The number of fused-ring (bicyclic) bond motifs is 7. The normalized spacial score (nSPS) is 11.7. The van der Waals surface area contributed by atoms with Gasteiger partial charge in [-0.2, -0.15) is 0 Å². The standard InChI is InChI=1S/C44H29N5/c1-4-14-31(15-5-1)42-41(45-46-49(42)34-18-8-3-9-19-34)30-24-26-33(27-25-30)48-40-23-13-11-21-36(40)38-29-28-37-35-20-10-12-22-39(35)47(43(37)44(38)48)32-16-6-2-7-17-32/h1-29H. The highest BCUT2D eigenvalue weighted by Crippen LogP contribution is 2.42. The smallest absolute Gasteiger partial charge is 0.121 e. The minimum Gasteiger partial charge on any atom is -0.307 e. The molecular formula is C44H29N5. The van der Waals surface area contributed by atoms with E-state index in [1.165, 1.54) is 43.6 Å². The zero-order chi connectivity index (χ0) is 32.3. The third-order valence-electron chi connectivity index (χ3n) is 9.60. The molecule has 0 spiro atoms. The summed E-state index contributed by atoms with van der Waals surface area (Å²) >= 11 is 0. The van der Waals surface area contributed by atoms with Crippen LogP contribution in [0.5, 0.6) is 0 Å². The van der Waals surface area contributed by atoms with E-state index in [0.717, 1.165) is 39.6 Å². The van der Waals surface area contributed by atoms with Gasteiger partial charge in [-0.25, -0.2) is 4.68 Å². The second kappa shape index (κ2) is 10.9. The van der Waals surface area contributed by atoms with E-state index in [4.69, 9.17) is 5.10 Å². The summed E-state index contributed by atoms with van der Waals surface area (Å²) in [5.41, 5.74) is 11.8. The molecule has 0 aliphatic carbocycles. The average Bonchev–Trinajstić information content (AvgIpc) is 3.87. The molecule has 0 radical (unpaired) electrons. The first-order chi connectivity index (χ1) is 24.3. The molecule has 0 bridgehead atoms. The van der Waals surface area contributed by atoms with E-state index < -0.39 is 0 Å². The van der Waals surface area contributed by atoms with Gasteiger partial charge in [0.2, 0.25) is 0 Å². The van der Waals surface area contributed by atoms with E-state index in [1.54, 1.807) is 0 Å². The molecular weight excluding hydrogens is 599 g/mol. The van der Waals surface area contributed by atoms with E-state index >= 15 is 0 Å². The summed E-state index contributed by atoms with van der Waals surface area (Å²) in [5, 5.41) is 14.3. The maximum absolute atomic E-state index is 4.74. The molecule has 0 atom stereocenters. The third kappa shape index (κ3) is 4.19. The first-order valence-corrected chi connectivity index (χ1v) is 16.5. The Bertz CT molecular complexity index is 2790. The SMILES string of the molecule is c1ccc(-c2c(-c3ccc(-n4c5ccccc5c5ccc6c7ccccc7n(-c7ccccc7)c6c54)cc3)nnn2-c2ccccc2)cc1. The highest BCUT2D eigenvalue weighted by molar-refractivity contribution is 6.23. The minimum absolute atomic E-state index is 0.843. The van der Waals surface area contributed by atoms with Gasteiger partial charge in [0.25, 0.3) is 0 Å². The topological polar surface area (TPSA) is 40.6 Å². The van der Waals surface area contributed by atoms with Gasteiger partial charge in [-0.1, -0.05) is 133 Å². The van der Waals surface area contributed by atoms with Gasteiger partial charge in [0.15, 0.2) is 0 Å². The zero-order valence-electron chi connectivity index (χ0n) is 26.5. The number of hydrogen-bond acceptors (Lipinski definition) is 2. The van der Waals surface area contributed by atoms with Crippen molar-refractivity contribution in [1.29, 1.82) is 0 Å². The summed E-state index contributed by atoms with van der Waals surface area (Å²) in [6, 6.07) is 62.1. The van der Waals surface area contributed by atoms with Crippen molar-refractivity contribution in [3.63, 3.8) is 0 Å². The number of para-hydroxylation sites is 4. The lowest BCUT2D eigenvalue weighted by Crippen LogP contribution is -1.99. The van der Waals surface area contributed by atoms with Crippen molar-refractivity contribution < 1.29 is 0 Å². The Labute approximate surface area is 282 Å². The van der Waals surface area contributed by atoms with Gasteiger partial charge in [0.05, 0.1) is 27.8 Å². The van der Waals surface area contributed by atoms with E-state index in [9.17, 15) is 0 Å². The number of rotatable bonds is 5. The van der Waals surface area contributed by atoms with E-state index in [0.29, 0.717) is 0 Å². The number of aromatic nitrogens is 5. The molecule has 5 heteroatoms. The van der Waals surface area contributed by atoms with Crippen LogP contribution in [0.2, 0.25) is 0 Å². The fourth-order valence-corrected chi connectivity index (χ4v) is 7.46. The molecule has 230 valence electrons. The molecule has 49 heavy (non-hydrogen) atoms. The third-order valence-corrected chi connectivity index (χ3v) is 9.60. The van der Waals surface area contributed by atoms with Crippen molar-refractivity contribution >= 4 is 43.6 Å². The molecule has 0 amide bonds. The molecule has 10 rings (SSSR count). The Morgan fingerprint density at radius 1 is 0.347 bits per heavy atom. The Morgan fingerprint density at radius 3 is 1.39 bits per heavy atom. The minimum atomic E-state index is 0.843. The van der Waals surface area contributed by atoms with Crippen molar-refractivity contribution in [3.05, 3.63) is 176 Å². The summed E-state index contributed by atoms with van der Waals surface area (Å²) in [6.07, 6.45) is 0. The number of hydrogen-bond donors (Lipinski definition) is 0. The Morgan fingerprint density at radius 2 is 0.816 bits per heavy atom. The number of benzene rings is 7. The van der Waals surface area contributed by atoms with Gasteiger partial charge in [-0.05, 0) is 48.5 Å². The highest BCUT2D eigenvalue weighted by atomic mass is 15.4. The van der Waals surface area contributed by atoms with Gasteiger partial charge < -0.3 is 9.13 Å². The van der Waals surface area contributed by atoms with E-state index in [1.807, 2.05) is 28.9 Å². The van der Waals surface area contributed by atoms with Gasteiger partial charge in [0, 0.05) is 44.0 Å². The lowest BCUT2D eigenvalue weighted by molar-refractivity contribution is 0.808. The molecule has 0 saturated heterocycles. The maximum Gasteiger partial charge on any atom is 0.121 e. The molecule has 0 saturated carbocycles. The van der Waals surface area contributed by atoms with E-state index in [-0.39, 0.29) is 0 Å². The van der Waals surface area contributed by atoms with Crippen LogP contribution in [0.4, 0.5) is 0 Å². The second-order valence-corrected chi connectivity index (χ2v) is 12.3. The number of nitrogens with zero attached hydrogens (tertiary/aromatic N) is 5. The first-order valence-electron chi connectivity index (χ1n) is 16.5. The van der Waals surface area contributed by atoms with Crippen LogP contribution < -0.4 is 0 Å². The fraction of sp³-hybridized carbons (Fsp3) is 0. The van der Waals surface area contributed by atoms with Crippen molar-refractivity contribution in [1.82, 2.24) is 24.1 Å². The summed E-state index contributed by atoms with van der Waals surface area (Å²) in [5.74, 6) is 0. The highest BCUT2D eigenvalue weighted by Gasteiger charge is 2.22. The van der Waals surface area contributed by atoms with Crippen LogP contribution in [0.3, 0.4) is 0 Å². The first kappa shape index (κ1) is 27.4. The lowest BCUT2D eigenvalue weighted by Gasteiger charge is -2.13. The van der Waals surface area contributed by atoms with Gasteiger partial charge >= 0.3 is 0 Å². The second-order valence-electron chi connectivity index (χ2n) is 12.3. The molecule has 0 unspecified atom stereocenters. The zero-order valence-corrected chi connectivity index (χ0v) is 26.5. The molecule has 3 heterocycles. The predicted molar refractivity (Wildman–Crippen MR) is 201 cm³/mol. The van der Waals surface area contributed by atoms with Crippen molar-refractivity contribution in [2.75, 3.05) is 0 Å². The van der Waals surface area contributed by atoms with Crippen LogP contribution in [0, 0.1) is 0 Å². The molecule has 10 aromatic rings. The quantitative estimate of drug-likeness (QED) is 0.190. The monoisotopic (exact) mass is 627 g/mol. The molecule has 0 aliphatic heterocycles. The van der Waals surface area contributed by atoms with Gasteiger partial charge in [0.1, 0.15) is 11.4 Å². The van der Waals surface area contributed by atoms with Crippen LogP contribution in [-0.4, -0.2) is 24.1 Å². The Kier molecular flexibility index (Phi) is 6.11. The average molecular weight is 628 g/mol. The summed E-state index contributed by atoms with van der Waals surface area (Å²) in [6.45, 7) is 0. The van der Waals surface area contributed by atoms with Crippen LogP contribution in [0.25, 0.3) is 83.2 Å². The van der Waals surface area contributed by atoms with Crippen LogP contribution in [0.15, 0.2) is 176 Å². The fourth-order valence-electron chi connectivity index (χ4n) is 7.46. The molecule has 3 aromatic heterocycles. The van der Waals surface area contributed by atoms with Crippen molar-refractivity contribution in [3.8, 4) is 39.6 Å². The Balaban J connectivity index is 1.23. The molecule has 5 nitrogen and oxygen atoms in total. The molecule has 0 fully saturated rings. The maximum atomic E-state index is 4.74. The van der Waals surface area contributed by atoms with Crippen LogP contribution in [-0.2, 0) is 0 Å². The van der Waals surface area contributed by atoms with Crippen LogP contribution >= 0.6 is 0 Å². The van der Waals surface area contributed by atoms with Crippen molar-refractivity contribution in [2.45, 2.75) is 0 Å². The van der Waals surface area contributed by atoms with E-state index in [2.05, 4.69) is 166 Å². The molecule has 0 aliphatic rings. The van der Waals surface area contributed by atoms with Gasteiger partial charge in [-0.3, -0.25) is 0 Å². The van der Waals surface area contributed by atoms with Gasteiger partial charge in [-0.15, -0.1) is 5.10 Å². The summed E-state index contributed by atoms with van der Waals surface area (Å²) < 4.78 is 6.78. The lowest BCUT2D eigenvalue weighted by atomic mass is 10.0. The Hall–Kier alpha value is -6.72.